The zero-order valence-electron chi connectivity index (χ0n) is 20.1. The van der Waals surface area contributed by atoms with Gasteiger partial charge in [0.2, 0.25) is 0 Å². The molecule has 1 aliphatic carbocycles. The Morgan fingerprint density at radius 1 is 1.18 bits per heavy atom. The van der Waals surface area contributed by atoms with E-state index in [-0.39, 0.29) is 40.9 Å². The molecular formula is C24H33F3N4O2. The van der Waals surface area contributed by atoms with Crippen LogP contribution >= 0.6 is 0 Å². The summed E-state index contributed by atoms with van der Waals surface area (Å²) in [6, 6.07) is 0.0583. The summed E-state index contributed by atoms with van der Waals surface area (Å²) in [5.74, 6) is 0.384. The van der Waals surface area contributed by atoms with Gasteiger partial charge in [-0.3, -0.25) is 4.90 Å². The molecule has 0 spiro atoms. The van der Waals surface area contributed by atoms with E-state index in [9.17, 15) is 13.2 Å². The molecule has 3 rings (SSSR count). The molecule has 33 heavy (non-hydrogen) atoms. The number of likely N-dealkylation sites (tertiary alicyclic amines) is 1. The van der Waals surface area contributed by atoms with Crippen molar-refractivity contribution in [2.75, 3.05) is 19.5 Å². The summed E-state index contributed by atoms with van der Waals surface area (Å²) in [6.07, 6.45) is 8.38. The number of nitrogens with zero attached hydrogens (tertiary/aromatic N) is 3. The smallest absolute Gasteiger partial charge is 0.387 e. The Bertz CT molecular complexity index is 939. The number of hydrogen-bond donors (Lipinski definition) is 1. The predicted molar refractivity (Wildman–Crippen MR) is 121 cm³/mol. The van der Waals surface area contributed by atoms with E-state index in [1.54, 1.807) is 18.2 Å². The van der Waals surface area contributed by atoms with E-state index < -0.39 is 12.4 Å². The maximum atomic E-state index is 14.6. The number of nitrogens with one attached hydrogen (secondary N) is 1. The molecule has 0 aromatic carbocycles. The molecule has 6 nitrogen and oxygen atoms in total. The van der Waals surface area contributed by atoms with E-state index in [2.05, 4.69) is 59.7 Å². The Hall–Kier alpha value is -2.55. The molecule has 2 heterocycles. The first-order chi connectivity index (χ1) is 15.4. The summed E-state index contributed by atoms with van der Waals surface area (Å²) in [6.45, 7) is 5.80. The van der Waals surface area contributed by atoms with Crippen molar-refractivity contribution >= 4 is 5.82 Å². The number of methoxy groups -OCH3 is 1. The van der Waals surface area contributed by atoms with Crippen molar-refractivity contribution in [2.24, 2.45) is 0 Å². The van der Waals surface area contributed by atoms with Crippen LogP contribution in [0.15, 0.2) is 41.5 Å². The molecule has 0 unspecified atom stereocenters. The van der Waals surface area contributed by atoms with Crippen molar-refractivity contribution in [2.45, 2.75) is 77.1 Å². The molecule has 9 heteroatoms. The standard InChI is InChI=1S/C24H33F3N4O2/c1-23(2)12-16(13-24(3,4)31(23)5)29-21-17(25)14-28-20(30-21)11-15-7-9-18(32-6)19(10-8-15)33-22(26)27/h7-9,14,16,22H,10-13H2,1-6H3,(H,28,29,30). The Kier molecular flexibility index (Phi) is 7.41. The topological polar surface area (TPSA) is 59.5 Å². The van der Waals surface area contributed by atoms with Crippen LogP contribution in [0.4, 0.5) is 19.0 Å². The van der Waals surface area contributed by atoms with Gasteiger partial charge in [0, 0.05) is 30.0 Å². The molecule has 1 aromatic heterocycles. The van der Waals surface area contributed by atoms with Crippen molar-refractivity contribution in [3.63, 3.8) is 0 Å². The zero-order chi connectivity index (χ0) is 24.4. The van der Waals surface area contributed by atoms with Gasteiger partial charge < -0.3 is 14.8 Å². The highest BCUT2D eigenvalue weighted by Crippen LogP contribution is 2.38. The Balaban J connectivity index is 1.74. The second kappa shape index (κ2) is 9.75. The van der Waals surface area contributed by atoms with E-state index in [0.717, 1.165) is 18.4 Å². The second-order valence-electron chi connectivity index (χ2n) is 9.78. The molecule has 1 aromatic rings. The first-order valence-corrected chi connectivity index (χ1v) is 11.0. The van der Waals surface area contributed by atoms with Gasteiger partial charge in [-0.25, -0.2) is 14.4 Å². The molecule has 1 N–H and O–H groups in total. The van der Waals surface area contributed by atoms with Crippen molar-refractivity contribution in [1.82, 2.24) is 14.9 Å². The summed E-state index contributed by atoms with van der Waals surface area (Å²) in [7, 11) is 3.52. The van der Waals surface area contributed by atoms with Crippen LogP contribution in [0.5, 0.6) is 0 Å². The number of rotatable bonds is 7. The van der Waals surface area contributed by atoms with Gasteiger partial charge in [0.15, 0.2) is 17.4 Å². The van der Waals surface area contributed by atoms with Gasteiger partial charge in [0.1, 0.15) is 11.6 Å². The van der Waals surface area contributed by atoms with E-state index in [1.807, 2.05) is 0 Å². The molecule has 0 radical (unpaired) electrons. The van der Waals surface area contributed by atoms with Gasteiger partial charge in [-0.15, -0.1) is 0 Å². The van der Waals surface area contributed by atoms with Crippen LogP contribution in [0.2, 0.25) is 0 Å². The lowest BCUT2D eigenvalue weighted by Gasteiger charge is -2.53. The number of halogens is 3. The van der Waals surface area contributed by atoms with Crippen molar-refractivity contribution in [3.8, 4) is 0 Å². The summed E-state index contributed by atoms with van der Waals surface area (Å²) in [5, 5.41) is 3.29. The lowest BCUT2D eigenvalue weighted by Crippen LogP contribution is -2.61. The van der Waals surface area contributed by atoms with Crippen LogP contribution in [-0.4, -0.2) is 52.8 Å². The van der Waals surface area contributed by atoms with Gasteiger partial charge in [0.05, 0.1) is 13.3 Å². The van der Waals surface area contributed by atoms with Crippen molar-refractivity contribution in [1.29, 1.82) is 0 Å². The lowest BCUT2D eigenvalue weighted by atomic mass is 9.77. The third-order valence-corrected chi connectivity index (χ3v) is 6.53. The van der Waals surface area contributed by atoms with Crippen LogP contribution in [-0.2, 0) is 15.9 Å². The average Bonchev–Trinajstić information content (AvgIpc) is 2.89. The van der Waals surface area contributed by atoms with Gasteiger partial charge in [-0.2, -0.15) is 8.78 Å². The molecule has 1 fully saturated rings. The number of allylic oxidation sites excluding steroid dienone is 4. The fraction of sp³-hybridized carbons (Fsp3) is 0.583. The minimum atomic E-state index is -2.93. The predicted octanol–water partition coefficient (Wildman–Crippen LogP) is 5.21. The number of aromatic nitrogens is 2. The normalized spacial score (nSPS) is 21.1. The van der Waals surface area contributed by atoms with Crippen LogP contribution in [0, 0.1) is 5.82 Å². The number of alkyl halides is 2. The van der Waals surface area contributed by atoms with Crippen molar-refractivity contribution in [3.05, 3.63) is 53.2 Å². The summed E-state index contributed by atoms with van der Waals surface area (Å²) in [4.78, 5) is 10.9. The van der Waals surface area contributed by atoms with Crippen LogP contribution < -0.4 is 5.32 Å². The fourth-order valence-electron chi connectivity index (χ4n) is 4.63. The highest BCUT2D eigenvalue weighted by atomic mass is 19.3. The van der Waals surface area contributed by atoms with Crippen LogP contribution in [0.25, 0.3) is 0 Å². The van der Waals surface area contributed by atoms with E-state index in [4.69, 9.17) is 4.74 Å². The molecule has 0 bridgehead atoms. The summed E-state index contributed by atoms with van der Waals surface area (Å²) in [5.41, 5.74) is 0.689. The number of hydrogen-bond acceptors (Lipinski definition) is 6. The quantitative estimate of drug-likeness (QED) is 0.596. The SMILES string of the molecule is COC1=C(OC(F)F)CC=C(Cc2ncc(F)c(NC3CC(C)(C)N(C)C(C)(C)C3)n2)C=C1. The molecular weight excluding hydrogens is 433 g/mol. The van der Waals surface area contributed by atoms with Gasteiger partial charge >= 0.3 is 6.61 Å². The maximum absolute atomic E-state index is 14.6. The Morgan fingerprint density at radius 3 is 2.45 bits per heavy atom. The molecule has 0 amide bonds. The van der Waals surface area contributed by atoms with Crippen LogP contribution in [0.3, 0.4) is 0 Å². The molecule has 1 saturated heterocycles. The van der Waals surface area contributed by atoms with Gasteiger partial charge in [-0.05, 0) is 59.2 Å². The second-order valence-corrected chi connectivity index (χ2v) is 9.78. The maximum Gasteiger partial charge on any atom is 0.387 e. The van der Waals surface area contributed by atoms with Gasteiger partial charge in [-0.1, -0.05) is 12.2 Å². The number of anilines is 1. The van der Waals surface area contributed by atoms with Crippen LogP contribution in [0.1, 0.15) is 52.8 Å². The molecule has 0 atom stereocenters. The molecule has 1 aliphatic heterocycles. The number of ether oxygens (including phenoxy) is 2. The highest BCUT2D eigenvalue weighted by molar-refractivity contribution is 5.39. The first kappa shape index (κ1) is 25.1. The number of piperidine rings is 1. The summed E-state index contributed by atoms with van der Waals surface area (Å²) < 4.78 is 49.6. The zero-order valence-corrected chi connectivity index (χ0v) is 20.1. The van der Waals surface area contributed by atoms with Gasteiger partial charge in [0.25, 0.3) is 0 Å². The fourth-order valence-corrected chi connectivity index (χ4v) is 4.63. The highest BCUT2D eigenvalue weighted by Gasteiger charge is 2.43. The Morgan fingerprint density at radius 2 is 1.85 bits per heavy atom. The first-order valence-electron chi connectivity index (χ1n) is 11.0. The van der Waals surface area contributed by atoms with E-state index in [0.29, 0.717) is 12.2 Å². The third kappa shape index (κ3) is 6.07. The monoisotopic (exact) mass is 466 g/mol. The molecule has 0 saturated carbocycles. The third-order valence-electron chi connectivity index (χ3n) is 6.53. The Labute approximate surface area is 193 Å². The lowest BCUT2D eigenvalue weighted by molar-refractivity contribution is -0.100. The van der Waals surface area contributed by atoms with E-state index in [1.165, 1.54) is 13.3 Å². The minimum Gasteiger partial charge on any atom is -0.493 e. The average molecular weight is 467 g/mol. The minimum absolute atomic E-state index is 0.0497. The van der Waals surface area contributed by atoms with Crippen molar-refractivity contribution < 1.29 is 22.6 Å². The summed E-state index contributed by atoms with van der Waals surface area (Å²) >= 11 is 0. The van der Waals surface area contributed by atoms with E-state index >= 15 is 0 Å². The largest absolute Gasteiger partial charge is 0.493 e. The molecule has 2 aliphatic rings. The molecule has 182 valence electrons.